The van der Waals surface area contributed by atoms with E-state index < -0.39 is 18.0 Å². The molecule has 1 heterocycles. The number of aliphatic hydroxyl groups is 1. The number of carbonyl (C=O) groups is 2. The zero-order valence-electron chi connectivity index (χ0n) is 9.47. The van der Waals surface area contributed by atoms with E-state index in [0.29, 0.717) is 0 Å². The van der Waals surface area contributed by atoms with Crippen molar-refractivity contribution in [2.45, 2.75) is 25.4 Å². The van der Waals surface area contributed by atoms with Crippen LogP contribution in [0.25, 0.3) is 0 Å². The van der Waals surface area contributed by atoms with E-state index in [4.69, 9.17) is 5.11 Å². The molecule has 0 bridgehead atoms. The summed E-state index contributed by atoms with van der Waals surface area (Å²) in [6.45, 7) is 1.31. The number of carboxylic acid groups (broad SMARTS) is 1. The maximum absolute atomic E-state index is 11.5. The van der Waals surface area contributed by atoms with Gasteiger partial charge in [0.2, 0.25) is 5.91 Å². The van der Waals surface area contributed by atoms with Crippen molar-refractivity contribution in [3.05, 3.63) is 22.4 Å². The Bertz CT molecular complexity index is 386. The fourth-order valence-corrected chi connectivity index (χ4v) is 1.99. The lowest BCUT2D eigenvalue weighted by molar-refractivity contribution is -0.142. The first kappa shape index (κ1) is 13.7. The topological polar surface area (TPSA) is 86.6 Å². The molecular formula is C11H15NO4S. The van der Waals surface area contributed by atoms with Gasteiger partial charge in [-0.05, 0) is 29.3 Å². The maximum Gasteiger partial charge on any atom is 0.306 e. The summed E-state index contributed by atoms with van der Waals surface area (Å²) < 4.78 is 0. The molecular weight excluding hydrogens is 242 g/mol. The first-order chi connectivity index (χ1) is 7.89. The van der Waals surface area contributed by atoms with E-state index in [9.17, 15) is 14.7 Å². The molecule has 1 aromatic rings. The smallest absolute Gasteiger partial charge is 0.306 e. The Balaban J connectivity index is 2.35. The number of amides is 1. The molecule has 1 aromatic heterocycles. The molecule has 1 unspecified atom stereocenters. The Morgan fingerprint density at radius 2 is 2.24 bits per heavy atom. The van der Waals surface area contributed by atoms with Crippen molar-refractivity contribution in [1.82, 2.24) is 5.32 Å². The third kappa shape index (κ3) is 5.46. The Hall–Kier alpha value is -1.40. The first-order valence-corrected chi connectivity index (χ1v) is 6.05. The summed E-state index contributed by atoms with van der Waals surface area (Å²) in [5, 5.41) is 24.5. The zero-order valence-corrected chi connectivity index (χ0v) is 10.3. The highest BCUT2D eigenvalue weighted by atomic mass is 32.1. The predicted octanol–water partition coefficient (Wildman–Crippen LogP) is 0.632. The van der Waals surface area contributed by atoms with E-state index in [1.165, 1.54) is 18.3 Å². The van der Waals surface area contributed by atoms with Crippen LogP contribution in [-0.4, -0.2) is 34.2 Å². The van der Waals surface area contributed by atoms with Gasteiger partial charge in [-0.3, -0.25) is 9.59 Å². The second-order valence-electron chi connectivity index (χ2n) is 4.15. The molecule has 3 N–H and O–H groups in total. The number of aliphatic carboxylic acids is 1. The summed E-state index contributed by atoms with van der Waals surface area (Å²) >= 11 is 1.51. The largest absolute Gasteiger partial charge is 0.481 e. The normalized spacial score (nSPS) is 14.0. The molecule has 0 saturated heterocycles. The van der Waals surface area contributed by atoms with Crippen molar-refractivity contribution in [2.24, 2.45) is 0 Å². The molecule has 1 atom stereocenters. The number of hydrogen-bond donors (Lipinski definition) is 3. The second kappa shape index (κ2) is 5.79. The summed E-state index contributed by atoms with van der Waals surface area (Å²) in [6.07, 6.45) is -0.154. The summed E-state index contributed by atoms with van der Waals surface area (Å²) in [6, 6.07) is 1.85. The minimum atomic E-state index is -1.42. The number of hydrogen-bond acceptors (Lipinski definition) is 4. The van der Waals surface area contributed by atoms with Crippen LogP contribution in [-0.2, 0) is 16.0 Å². The van der Waals surface area contributed by atoms with Crippen LogP contribution >= 0.6 is 11.3 Å². The highest BCUT2D eigenvalue weighted by molar-refractivity contribution is 7.07. The number of carbonyl (C=O) groups excluding carboxylic acids is 1. The lowest BCUT2D eigenvalue weighted by Crippen LogP contribution is -2.42. The van der Waals surface area contributed by atoms with Crippen molar-refractivity contribution < 1.29 is 19.8 Å². The van der Waals surface area contributed by atoms with E-state index >= 15 is 0 Å². The van der Waals surface area contributed by atoms with Gasteiger partial charge in [0, 0.05) is 6.54 Å². The number of thiophene rings is 1. The van der Waals surface area contributed by atoms with Crippen molar-refractivity contribution in [3.63, 3.8) is 0 Å². The molecule has 0 aliphatic rings. The van der Waals surface area contributed by atoms with E-state index in [1.54, 1.807) is 0 Å². The van der Waals surface area contributed by atoms with Crippen LogP contribution in [0.1, 0.15) is 18.9 Å². The monoisotopic (exact) mass is 257 g/mol. The molecule has 0 aromatic carbocycles. The molecule has 0 saturated carbocycles. The molecule has 5 nitrogen and oxygen atoms in total. The van der Waals surface area contributed by atoms with Crippen LogP contribution in [0.2, 0.25) is 0 Å². The van der Waals surface area contributed by atoms with E-state index in [1.807, 2.05) is 16.8 Å². The fraction of sp³-hybridized carbons (Fsp3) is 0.455. The van der Waals surface area contributed by atoms with Gasteiger partial charge in [0.1, 0.15) is 0 Å². The van der Waals surface area contributed by atoms with E-state index in [2.05, 4.69) is 5.32 Å². The van der Waals surface area contributed by atoms with E-state index in [0.717, 1.165) is 5.56 Å². The van der Waals surface area contributed by atoms with Gasteiger partial charge in [-0.25, -0.2) is 0 Å². The Morgan fingerprint density at radius 1 is 1.53 bits per heavy atom. The van der Waals surface area contributed by atoms with Gasteiger partial charge in [-0.2, -0.15) is 11.3 Å². The molecule has 6 heteroatoms. The Morgan fingerprint density at radius 3 is 2.76 bits per heavy atom. The average Bonchev–Trinajstić information content (AvgIpc) is 2.65. The molecule has 0 aliphatic heterocycles. The van der Waals surface area contributed by atoms with Crippen molar-refractivity contribution in [3.8, 4) is 0 Å². The first-order valence-electron chi connectivity index (χ1n) is 5.11. The van der Waals surface area contributed by atoms with Crippen molar-refractivity contribution >= 4 is 23.2 Å². The van der Waals surface area contributed by atoms with Crippen LogP contribution in [0.4, 0.5) is 0 Å². The lowest BCUT2D eigenvalue weighted by atomic mass is 10.0. The van der Waals surface area contributed by atoms with Gasteiger partial charge in [-0.15, -0.1) is 0 Å². The number of nitrogens with one attached hydrogen (secondary N) is 1. The highest BCUT2D eigenvalue weighted by Gasteiger charge is 2.24. The molecule has 94 valence electrons. The third-order valence-corrected chi connectivity index (χ3v) is 2.88. The third-order valence-electron chi connectivity index (χ3n) is 2.14. The van der Waals surface area contributed by atoms with Crippen LogP contribution in [0.3, 0.4) is 0 Å². The van der Waals surface area contributed by atoms with Crippen LogP contribution in [0, 0.1) is 0 Å². The molecule has 0 aliphatic carbocycles. The highest BCUT2D eigenvalue weighted by Crippen LogP contribution is 2.09. The van der Waals surface area contributed by atoms with Crippen LogP contribution in [0.15, 0.2) is 16.8 Å². The lowest BCUT2D eigenvalue weighted by Gasteiger charge is -2.21. The van der Waals surface area contributed by atoms with Gasteiger partial charge in [0.15, 0.2) is 0 Å². The van der Waals surface area contributed by atoms with Gasteiger partial charge >= 0.3 is 5.97 Å². The molecule has 0 radical (unpaired) electrons. The Kier molecular flexibility index (Phi) is 4.65. The van der Waals surface area contributed by atoms with Gasteiger partial charge < -0.3 is 15.5 Å². The molecule has 0 spiro atoms. The van der Waals surface area contributed by atoms with Gasteiger partial charge in [0.05, 0.1) is 18.4 Å². The Labute approximate surface area is 103 Å². The summed E-state index contributed by atoms with van der Waals surface area (Å²) in [5.74, 6) is -1.32. The van der Waals surface area contributed by atoms with Crippen LogP contribution < -0.4 is 5.32 Å². The number of carboxylic acids is 1. The number of rotatable bonds is 6. The van der Waals surface area contributed by atoms with Gasteiger partial charge in [-0.1, -0.05) is 0 Å². The fourth-order valence-electron chi connectivity index (χ4n) is 1.32. The second-order valence-corrected chi connectivity index (χ2v) is 4.93. The van der Waals surface area contributed by atoms with Gasteiger partial charge in [0.25, 0.3) is 0 Å². The maximum atomic E-state index is 11.5. The predicted molar refractivity (Wildman–Crippen MR) is 63.9 cm³/mol. The molecule has 1 amide bonds. The molecule has 0 fully saturated rings. The standard InChI is InChI=1S/C11H15NO4S/c1-11(16,5-10(14)15)7-12-9(13)4-8-2-3-17-6-8/h2-3,6,16H,4-5,7H2,1H3,(H,12,13)(H,14,15). The molecule has 1 rings (SSSR count). The summed E-state index contributed by atoms with van der Waals surface area (Å²) in [7, 11) is 0. The summed E-state index contributed by atoms with van der Waals surface area (Å²) in [4.78, 5) is 21.9. The zero-order chi connectivity index (χ0) is 12.9. The average molecular weight is 257 g/mol. The van der Waals surface area contributed by atoms with Crippen LogP contribution in [0.5, 0.6) is 0 Å². The SMILES string of the molecule is CC(O)(CNC(=O)Cc1ccsc1)CC(=O)O. The molecule has 17 heavy (non-hydrogen) atoms. The minimum absolute atomic E-state index is 0.0672. The minimum Gasteiger partial charge on any atom is -0.481 e. The quantitative estimate of drug-likeness (QED) is 0.697. The summed E-state index contributed by atoms with van der Waals surface area (Å²) in [5.41, 5.74) is -0.513. The van der Waals surface area contributed by atoms with E-state index in [-0.39, 0.29) is 18.9 Å². The van der Waals surface area contributed by atoms with Crippen molar-refractivity contribution in [2.75, 3.05) is 6.54 Å². The van der Waals surface area contributed by atoms with Crippen molar-refractivity contribution in [1.29, 1.82) is 0 Å².